The summed E-state index contributed by atoms with van der Waals surface area (Å²) in [5.74, 6) is -0.777. The number of allylic oxidation sites excluding steroid dienone is 5. The van der Waals surface area contributed by atoms with Gasteiger partial charge in [0, 0.05) is 6.42 Å². The molecule has 0 bridgehead atoms. The molecule has 136 valence electrons. The summed E-state index contributed by atoms with van der Waals surface area (Å²) in [7, 11) is 0. The van der Waals surface area contributed by atoms with Gasteiger partial charge >= 0.3 is 5.97 Å². The van der Waals surface area contributed by atoms with E-state index in [0.29, 0.717) is 19.3 Å². The Labute approximate surface area is 145 Å². The minimum atomic E-state index is -0.777. The van der Waals surface area contributed by atoms with E-state index in [1.807, 2.05) is 30.4 Å². The maximum Gasteiger partial charge on any atom is 0.303 e. The Kier molecular flexibility index (Phi) is 15.1. The SMILES string of the molecule is CCCCC[C@@H](O)/C=C/C=C/C=C/C(O)C/C=C\CCCC(=O)O. The van der Waals surface area contributed by atoms with Gasteiger partial charge in [-0.25, -0.2) is 0 Å². The number of aliphatic hydroxyl groups excluding tert-OH is 2. The van der Waals surface area contributed by atoms with Gasteiger partial charge in [0.2, 0.25) is 0 Å². The maximum atomic E-state index is 10.3. The Morgan fingerprint density at radius 3 is 2.21 bits per heavy atom. The van der Waals surface area contributed by atoms with Crippen molar-refractivity contribution in [2.75, 3.05) is 0 Å². The Morgan fingerprint density at radius 1 is 0.917 bits per heavy atom. The highest BCUT2D eigenvalue weighted by Crippen LogP contribution is 2.04. The third kappa shape index (κ3) is 16.7. The molecule has 0 aliphatic heterocycles. The summed E-state index contributed by atoms with van der Waals surface area (Å²) in [4.78, 5) is 10.3. The molecule has 0 aliphatic carbocycles. The minimum absolute atomic E-state index is 0.179. The Hall–Kier alpha value is -1.65. The first kappa shape index (κ1) is 22.4. The van der Waals surface area contributed by atoms with Crippen LogP contribution in [0.15, 0.2) is 48.6 Å². The van der Waals surface area contributed by atoms with Crippen molar-refractivity contribution in [2.24, 2.45) is 0 Å². The average Bonchev–Trinajstić information content (AvgIpc) is 2.54. The third-order valence-electron chi connectivity index (χ3n) is 3.41. The standard InChI is InChI=1S/C20H32O4/c1-2-3-8-13-18(21)14-9-4-5-10-15-19(22)16-11-6-7-12-17-20(23)24/h4-6,9-11,14-15,18-19,21-22H,2-3,7-8,12-13,16-17H2,1H3,(H,23,24)/b5-4+,11-6-,14-9+,15-10+/t18-,19?/m1/s1. The van der Waals surface area contributed by atoms with Crippen LogP contribution in [0.5, 0.6) is 0 Å². The predicted octanol–water partition coefficient (Wildman–Crippen LogP) is 4.16. The first-order valence-electron chi connectivity index (χ1n) is 8.80. The van der Waals surface area contributed by atoms with Crippen LogP contribution in [0.2, 0.25) is 0 Å². The van der Waals surface area contributed by atoms with E-state index >= 15 is 0 Å². The lowest BCUT2D eigenvalue weighted by Crippen LogP contribution is -2.00. The molecule has 0 aromatic rings. The largest absolute Gasteiger partial charge is 0.481 e. The molecule has 2 atom stereocenters. The number of aliphatic carboxylic acids is 1. The van der Waals surface area contributed by atoms with Crippen molar-refractivity contribution < 1.29 is 20.1 Å². The lowest BCUT2D eigenvalue weighted by atomic mass is 10.1. The molecule has 0 heterocycles. The molecule has 24 heavy (non-hydrogen) atoms. The highest BCUT2D eigenvalue weighted by Gasteiger charge is 1.97. The van der Waals surface area contributed by atoms with Gasteiger partial charge in [0.05, 0.1) is 12.2 Å². The van der Waals surface area contributed by atoms with E-state index in [9.17, 15) is 15.0 Å². The second kappa shape index (κ2) is 16.2. The molecular weight excluding hydrogens is 304 g/mol. The summed E-state index contributed by atoms with van der Waals surface area (Å²) < 4.78 is 0. The van der Waals surface area contributed by atoms with Gasteiger partial charge in [-0.2, -0.15) is 0 Å². The fourth-order valence-electron chi connectivity index (χ4n) is 2.02. The second-order valence-corrected chi connectivity index (χ2v) is 5.78. The lowest BCUT2D eigenvalue weighted by molar-refractivity contribution is -0.137. The molecule has 0 aromatic carbocycles. The molecule has 0 fully saturated rings. The Balaban J connectivity index is 3.80. The zero-order valence-electron chi connectivity index (χ0n) is 14.7. The molecule has 0 spiro atoms. The monoisotopic (exact) mass is 336 g/mol. The van der Waals surface area contributed by atoms with Gasteiger partial charge in [-0.1, -0.05) is 74.8 Å². The quantitative estimate of drug-likeness (QED) is 0.253. The first-order valence-corrected chi connectivity index (χ1v) is 8.80. The van der Waals surface area contributed by atoms with Gasteiger partial charge in [-0.15, -0.1) is 0 Å². The van der Waals surface area contributed by atoms with Crippen molar-refractivity contribution in [1.82, 2.24) is 0 Å². The maximum absolute atomic E-state index is 10.3. The van der Waals surface area contributed by atoms with Crippen molar-refractivity contribution in [3.8, 4) is 0 Å². The molecule has 0 saturated heterocycles. The number of unbranched alkanes of at least 4 members (excludes halogenated alkanes) is 3. The molecule has 0 rings (SSSR count). The van der Waals surface area contributed by atoms with Crippen molar-refractivity contribution in [2.45, 2.75) is 70.5 Å². The Morgan fingerprint density at radius 2 is 1.58 bits per heavy atom. The highest BCUT2D eigenvalue weighted by molar-refractivity contribution is 5.66. The summed E-state index contributed by atoms with van der Waals surface area (Å²) in [6, 6.07) is 0. The summed E-state index contributed by atoms with van der Waals surface area (Å²) >= 11 is 0. The van der Waals surface area contributed by atoms with Crippen LogP contribution >= 0.6 is 0 Å². The molecule has 1 unspecified atom stereocenters. The summed E-state index contributed by atoms with van der Waals surface area (Å²) in [6.07, 6.45) is 19.7. The number of carbonyl (C=O) groups is 1. The molecule has 3 N–H and O–H groups in total. The van der Waals surface area contributed by atoms with Crippen LogP contribution in [0.25, 0.3) is 0 Å². The molecule has 4 nitrogen and oxygen atoms in total. The fourth-order valence-corrected chi connectivity index (χ4v) is 2.02. The molecule has 0 saturated carbocycles. The zero-order chi connectivity index (χ0) is 18.0. The van der Waals surface area contributed by atoms with Crippen LogP contribution in [0.3, 0.4) is 0 Å². The minimum Gasteiger partial charge on any atom is -0.481 e. The molecule has 4 heteroatoms. The van der Waals surface area contributed by atoms with Crippen molar-refractivity contribution >= 4 is 5.97 Å². The van der Waals surface area contributed by atoms with E-state index in [-0.39, 0.29) is 12.5 Å². The average molecular weight is 336 g/mol. The summed E-state index contributed by atoms with van der Waals surface area (Å²) in [5.41, 5.74) is 0. The fraction of sp³-hybridized carbons (Fsp3) is 0.550. The summed E-state index contributed by atoms with van der Waals surface area (Å²) in [5, 5.41) is 27.9. The first-order chi connectivity index (χ1) is 11.6. The van der Waals surface area contributed by atoms with Gasteiger partial charge in [0.25, 0.3) is 0 Å². The second-order valence-electron chi connectivity index (χ2n) is 5.78. The normalized spacial score (nSPS) is 15.1. The van der Waals surface area contributed by atoms with Crippen molar-refractivity contribution in [3.05, 3.63) is 48.6 Å². The number of aliphatic hydroxyl groups is 2. The van der Waals surface area contributed by atoms with E-state index in [1.54, 1.807) is 18.2 Å². The van der Waals surface area contributed by atoms with Gasteiger partial charge in [-0.3, -0.25) is 4.79 Å². The van der Waals surface area contributed by atoms with E-state index in [4.69, 9.17) is 5.11 Å². The number of hydrogen-bond donors (Lipinski definition) is 3. The van der Waals surface area contributed by atoms with Crippen molar-refractivity contribution in [1.29, 1.82) is 0 Å². The smallest absolute Gasteiger partial charge is 0.303 e. The van der Waals surface area contributed by atoms with E-state index in [1.165, 1.54) is 0 Å². The van der Waals surface area contributed by atoms with E-state index in [2.05, 4.69) is 6.92 Å². The van der Waals surface area contributed by atoms with E-state index < -0.39 is 12.1 Å². The topological polar surface area (TPSA) is 77.8 Å². The van der Waals surface area contributed by atoms with E-state index in [0.717, 1.165) is 25.7 Å². The highest BCUT2D eigenvalue weighted by atomic mass is 16.4. The van der Waals surface area contributed by atoms with Gasteiger partial charge in [0.1, 0.15) is 0 Å². The molecular formula is C20H32O4. The number of carboxylic acids is 1. The van der Waals surface area contributed by atoms with Crippen LogP contribution in [-0.2, 0) is 4.79 Å². The van der Waals surface area contributed by atoms with Crippen LogP contribution in [0.4, 0.5) is 0 Å². The summed E-state index contributed by atoms with van der Waals surface area (Å²) in [6.45, 7) is 2.14. The molecule has 0 aromatic heterocycles. The molecule has 0 amide bonds. The predicted molar refractivity (Wildman–Crippen MR) is 98.8 cm³/mol. The van der Waals surface area contributed by atoms with Gasteiger partial charge in [-0.05, 0) is 25.7 Å². The van der Waals surface area contributed by atoms with Gasteiger partial charge in [0.15, 0.2) is 0 Å². The number of rotatable bonds is 14. The number of carboxylic acid groups (broad SMARTS) is 1. The Bertz CT molecular complexity index is 421. The van der Waals surface area contributed by atoms with Crippen LogP contribution in [0, 0.1) is 0 Å². The van der Waals surface area contributed by atoms with Gasteiger partial charge < -0.3 is 15.3 Å². The lowest BCUT2D eigenvalue weighted by Gasteiger charge is -2.02. The van der Waals surface area contributed by atoms with Crippen LogP contribution < -0.4 is 0 Å². The van der Waals surface area contributed by atoms with Crippen molar-refractivity contribution in [3.63, 3.8) is 0 Å². The van der Waals surface area contributed by atoms with Crippen LogP contribution in [0.1, 0.15) is 58.3 Å². The number of hydrogen-bond acceptors (Lipinski definition) is 3. The molecule has 0 aliphatic rings. The zero-order valence-corrected chi connectivity index (χ0v) is 14.7. The third-order valence-corrected chi connectivity index (χ3v) is 3.41. The molecule has 0 radical (unpaired) electrons. The van der Waals surface area contributed by atoms with Crippen LogP contribution in [-0.4, -0.2) is 33.5 Å².